The van der Waals surface area contributed by atoms with Crippen LogP contribution in [0, 0.1) is 5.92 Å². The maximum atomic E-state index is 5.21. The topological polar surface area (TPSA) is 18.8 Å². The summed E-state index contributed by atoms with van der Waals surface area (Å²) in [5.74, 6) is 0.339. The fourth-order valence-electron chi connectivity index (χ4n) is 4.53. The largest absolute Gasteiger partial charge is 0.301 e. The van der Waals surface area contributed by atoms with Gasteiger partial charge in [-0.1, -0.05) is 78.9 Å². The molecule has 3 aromatic carbocycles. The summed E-state index contributed by atoms with van der Waals surface area (Å²) in [6.45, 7) is 1.93. The molecule has 2 heterocycles. The first-order valence-corrected chi connectivity index (χ1v) is 10.2. The van der Waals surface area contributed by atoms with Crippen molar-refractivity contribution >= 4 is 17.5 Å². The minimum atomic E-state index is 0.204. The molecule has 3 aromatic rings. The maximum Gasteiger partial charge on any atom is 0.0872 e. The normalized spacial score (nSPS) is 23.1. The molecule has 3 nitrogen and oxygen atoms in total. The van der Waals surface area contributed by atoms with Crippen molar-refractivity contribution in [2.24, 2.45) is 11.0 Å². The van der Waals surface area contributed by atoms with E-state index in [0.29, 0.717) is 5.92 Å². The third-order valence-electron chi connectivity index (χ3n) is 5.79. The number of nitrogens with zero attached hydrogens (tertiary/aromatic N) is 3. The van der Waals surface area contributed by atoms with E-state index < -0.39 is 0 Å². The highest BCUT2D eigenvalue weighted by Crippen LogP contribution is 2.42. The molecule has 0 spiro atoms. The smallest absolute Gasteiger partial charge is 0.0872 e. The lowest BCUT2D eigenvalue weighted by atomic mass is 9.83. The van der Waals surface area contributed by atoms with Gasteiger partial charge in [-0.25, -0.2) is 0 Å². The molecule has 29 heavy (non-hydrogen) atoms. The molecule has 0 bridgehead atoms. The van der Waals surface area contributed by atoms with E-state index in [9.17, 15) is 0 Å². The second-order valence-corrected chi connectivity index (χ2v) is 7.90. The van der Waals surface area contributed by atoms with Crippen LogP contribution in [0.5, 0.6) is 0 Å². The highest BCUT2D eigenvalue weighted by Gasteiger charge is 2.43. The summed E-state index contributed by atoms with van der Waals surface area (Å²) >= 11 is 0. The van der Waals surface area contributed by atoms with E-state index in [2.05, 4.69) is 114 Å². The van der Waals surface area contributed by atoms with Gasteiger partial charge in [-0.05, 0) is 42.0 Å². The number of piperidine rings is 1. The standard InChI is InChI=1S/C26H25N3/c1-28-18-22(17-20-11-5-2-6-12-20)25-24(19-28)26(21-13-7-3-8-14-21)29(27-25)23-15-9-4-10-16-23/h2-17,24,26H,18-19H2,1H3. The highest BCUT2D eigenvalue weighted by molar-refractivity contribution is 6.08. The molecule has 0 amide bonds. The fourth-order valence-corrected chi connectivity index (χ4v) is 4.53. The number of hydrogen-bond donors (Lipinski definition) is 0. The van der Waals surface area contributed by atoms with Crippen molar-refractivity contribution in [1.82, 2.24) is 4.90 Å². The van der Waals surface area contributed by atoms with Crippen molar-refractivity contribution in [3.8, 4) is 0 Å². The Balaban J connectivity index is 1.62. The zero-order chi connectivity index (χ0) is 19.6. The van der Waals surface area contributed by atoms with Gasteiger partial charge in [0.15, 0.2) is 0 Å². The van der Waals surface area contributed by atoms with Crippen LogP contribution in [0.3, 0.4) is 0 Å². The first-order chi connectivity index (χ1) is 14.3. The summed E-state index contributed by atoms with van der Waals surface area (Å²) < 4.78 is 0. The second kappa shape index (κ2) is 7.69. The van der Waals surface area contributed by atoms with Crippen molar-refractivity contribution in [2.45, 2.75) is 6.04 Å². The maximum absolute atomic E-state index is 5.21. The number of fused-ring (bicyclic) bond motifs is 1. The van der Waals surface area contributed by atoms with Crippen LogP contribution in [0.25, 0.3) is 6.08 Å². The molecule has 144 valence electrons. The number of likely N-dealkylation sites (N-methyl/N-ethyl adjacent to an activating group) is 1. The van der Waals surface area contributed by atoms with E-state index >= 15 is 0 Å². The van der Waals surface area contributed by atoms with Crippen LogP contribution in [0.4, 0.5) is 5.69 Å². The molecular formula is C26H25N3. The van der Waals surface area contributed by atoms with E-state index in [4.69, 9.17) is 5.10 Å². The Morgan fingerprint density at radius 2 is 1.45 bits per heavy atom. The van der Waals surface area contributed by atoms with Crippen LogP contribution in [-0.2, 0) is 0 Å². The summed E-state index contributed by atoms with van der Waals surface area (Å²) in [6, 6.07) is 32.1. The Morgan fingerprint density at radius 1 is 0.828 bits per heavy atom. The van der Waals surface area contributed by atoms with Crippen LogP contribution in [-0.4, -0.2) is 30.7 Å². The van der Waals surface area contributed by atoms with Crippen molar-refractivity contribution in [3.63, 3.8) is 0 Å². The van der Waals surface area contributed by atoms with Gasteiger partial charge in [-0.3, -0.25) is 5.01 Å². The first kappa shape index (κ1) is 17.9. The van der Waals surface area contributed by atoms with Crippen LogP contribution in [0.1, 0.15) is 17.2 Å². The van der Waals surface area contributed by atoms with Gasteiger partial charge in [0.05, 0.1) is 17.4 Å². The Morgan fingerprint density at radius 3 is 2.14 bits per heavy atom. The van der Waals surface area contributed by atoms with E-state index in [1.54, 1.807) is 0 Å². The van der Waals surface area contributed by atoms with E-state index in [0.717, 1.165) is 18.8 Å². The van der Waals surface area contributed by atoms with Crippen molar-refractivity contribution in [1.29, 1.82) is 0 Å². The van der Waals surface area contributed by atoms with Crippen molar-refractivity contribution in [2.75, 3.05) is 25.1 Å². The molecule has 2 atom stereocenters. The molecule has 1 fully saturated rings. The molecule has 0 aliphatic carbocycles. The Bertz CT molecular complexity index is 1030. The van der Waals surface area contributed by atoms with Gasteiger partial charge in [0.25, 0.3) is 0 Å². The number of para-hydroxylation sites is 1. The van der Waals surface area contributed by atoms with Crippen molar-refractivity contribution < 1.29 is 0 Å². The van der Waals surface area contributed by atoms with Gasteiger partial charge in [0, 0.05) is 19.0 Å². The van der Waals surface area contributed by atoms with Crippen molar-refractivity contribution in [3.05, 3.63) is 108 Å². The zero-order valence-corrected chi connectivity index (χ0v) is 16.6. The monoisotopic (exact) mass is 379 g/mol. The molecule has 2 unspecified atom stereocenters. The Labute approximate surface area is 172 Å². The van der Waals surface area contributed by atoms with Gasteiger partial charge in [-0.2, -0.15) is 5.10 Å². The third-order valence-corrected chi connectivity index (χ3v) is 5.79. The van der Waals surface area contributed by atoms with Gasteiger partial charge in [-0.15, -0.1) is 0 Å². The number of likely N-dealkylation sites (tertiary alicyclic amines) is 1. The minimum absolute atomic E-state index is 0.204. The molecule has 0 aromatic heterocycles. The Hall–Kier alpha value is -3.17. The average molecular weight is 380 g/mol. The molecule has 2 aliphatic rings. The fraction of sp³-hybridized carbons (Fsp3) is 0.192. The number of rotatable bonds is 3. The molecule has 5 rings (SSSR count). The van der Waals surface area contributed by atoms with Gasteiger partial charge >= 0.3 is 0 Å². The molecule has 0 radical (unpaired) electrons. The predicted molar refractivity (Wildman–Crippen MR) is 121 cm³/mol. The molecular weight excluding hydrogens is 354 g/mol. The van der Waals surface area contributed by atoms with E-state index in [-0.39, 0.29) is 6.04 Å². The van der Waals surface area contributed by atoms with Gasteiger partial charge in [0.1, 0.15) is 0 Å². The number of hydrazone groups is 1. The van der Waals surface area contributed by atoms with E-state index in [1.165, 1.54) is 22.4 Å². The number of benzene rings is 3. The summed E-state index contributed by atoms with van der Waals surface area (Å²) in [7, 11) is 2.21. The molecule has 0 saturated carbocycles. The second-order valence-electron chi connectivity index (χ2n) is 7.90. The lowest BCUT2D eigenvalue weighted by Crippen LogP contribution is -2.41. The Kier molecular flexibility index (Phi) is 4.74. The first-order valence-electron chi connectivity index (χ1n) is 10.2. The van der Waals surface area contributed by atoms with Crippen LogP contribution in [0.2, 0.25) is 0 Å². The van der Waals surface area contributed by atoms with Crippen LogP contribution in [0.15, 0.2) is 102 Å². The number of hydrogen-bond acceptors (Lipinski definition) is 3. The van der Waals surface area contributed by atoms with Gasteiger partial charge in [0.2, 0.25) is 0 Å². The zero-order valence-electron chi connectivity index (χ0n) is 16.6. The van der Waals surface area contributed by atoms with Crippen LogP contribution >= 0.6 is 0 Å². The van der Waals surface area contributed by atoms with Crippen LogP contribution < -0.4 is 5.01 Å². The van der Waals surface area contributed by atoms with Gasteiger partial charge < -0.3 is 4.90 Å². The minimum Gasteiger partial charge on any atom is -0.301 e. The molecule has 0 N–H and O–H groups in total. The summed E-state index contributed by atoms with van der Waals surface area (Å²) in [6.07, 6.45) is 2.30. The third kappa shape index (κ3) is 3.50. The lowest BCUT2D eigenvalue weighted by Gasteiger charge is -2.34. The lowest BCUT2D eigenvalue weighted by molar-refractivity contribution is 0.303. The highest BCUT2D eigenvalue weighted by atomic mass is 15.5. The summed E-state index contributed by atoms with van der Waals surface area (Å²) in [5.41, 5.74) is 6.23. The average Bonchev–Trinajstić information content (AvgIpc) is 3.15. The molecule has 1 saturated heterocycles. The predicted octanol–water partition coefficient (Wildman–Crippen LogP) is 5.25. The quantitative estimate of drug-likeness (QED) is 0.619. The summed E-state index contributed by atoms with van der Waals surface area (Å²) in [4.78, 5) is 2.42. The molecule has 3 heteroatoms. The van der Waals surface area contributed by atoms with E-state index in [1.807, 2.05) is 0 Å². The number of anilines is 1. The summed E-state index contributed by atoms with van der Waals surface area (Å²) in [5, 5.41) is 7.43. The molecule has 2 aliphatic heterocycles. The SMILES string of the molecule is CN1CC(=Cc2ccccc2)C2=NN(c3ccccc3)C(c3ccccc3)C2C1.